The van der Waals surface area contributed by atoms with Crippen molar-refractivity contribution in [2.75, 3.05) is 19.7 Å². The van der Waals surface area contributed by atoms with Crippen molar-refractivity contribution < 1.29 is 9.90 Å². The molecule has 0 unspecified atom stereocenters. The molecule has 0 saturated carbocycles. The van der Waals surface area contributed by atoms with Crippen LogP contribution in [-0.4, -0.2) is 45.6 Å². The monoisotopic (exact) mass is 237 g/mol. The van der Waals surface area contributed by atoms with Crippen molar-refractivity contribution in [1.82, 2.24) is 14.9 Å². The van der Waals surface area contributed by atoms with Crippen LogP contribution in [0.3, 0.4) is 0 Å². The third-order valence-electron chi connectivity index (χ3n) is 3.30. The second-order valence-electron chi connectivity index (χ2n) is 4.46. The quantitative estimate of drug-likeness (QED) is 0.817. The number of piperidine rings is 1. The van der Waals surface area contributed by atoms with Crippen molar-refractivity contribution >= 4 is 5.91 Å². The number of aliphatic hydroxyl groups excluding tert-OH is 1. The largest absolute Gasteiger partial charge is 0.396 e. The molecule has 2 N–H and O–H groups in total. The third kappa shape index (κ3) is 3.06. The average molecular weight is 237 g/mol. The van der Waals surface area contributed by atoms with E-state index in [-0.39, 0.29) is 12.5 Å². The van der Waals surface area contributed by atoms with Gasteiger partial charge in [0.05, 0.1) is 0 Å². The maximum Gasteiger partial charge on any atom is 0.222 e. The van der Waals surface area contributed by atoms with E-state index in [1.54, 1.807) is 6.20 Å². The molecular formula is C12H19N3O2. The first-order chi connectivity index (χ1) is 8.31. The van der Waals surface area contributed by atoms with Gasteiger partial charge in [-0.2, -0.15) is 0 Å². The number of aromatic nitrogens is 2. The maximum atomic E-state index is 11.7. The molecule has 0 bridgehead atoms. The lowest BCUT2D eigenvalue weighted by Gasteiger charge is -2.31. The molecule has 5 heteroatoms. The van der Waals surface area contributed by atoms with Crippen LogP contribution in [0.1, 0.15) is 37.4 Å². The van der Waals surface area contributed by atoms with Gasteiger partial charge in [-0.25, -0.2) is 4.98 Å². The highest BCUT2D eigenvalue weighted by Gasteiger charge is 2.24. The van der Waals surface area contributed by atoms with Crippen molar-refractivity contribution in [3.8, 4) is 0 Å². The van der Waals surface area contributed by atoms with Gasteiger partial charge in [0, 0.05) is 44.4 Å². The lowest BCUT2D eigenvalue weighted by Crippen LogP contribution is -2.38. The number of hydrogen-bond acceptors (Lipinski definition) is 3. The number of hydrogen-bond donors (Lipinski definition) is 2. The molecular weight excluding hydrogens is 218 g/mol. The van der Waals surface area contributed by atoms with Crippen molar-refractivity contribution in [2.24, 2.45) is 0 Å². The number of likely N-dealkylation sites (tertiary alicyclic amines) is 1. The number of carbonyl (C=O) groups is 1. The van der Waals surface area contributed by atoms with E-state index < -0.39 is 0 Å². The fourth-order valence-corrected chi connectivity index (χ4v) is 2.29. The standard InChI is InChI=1S/C12H19N3O2/c16-9-1-2-11(17)15-7-3-10(4-8-15)12-13-5-6-14-12/h5-6,10,16H,1-4,7-9H2,(H,13,14). The molecule has 2 rings (SSSR count). The molecule has 17 heavy (non-hydrogen) atoms. The summed E-state index contributed by atoms with van der Waals surface area (Å²) in [6.07, 6.45) is 6.58. The Kier molecular flexibility index (Phi) is 4.14. The summed E-state index contributed by atoms with van der Waals surface area (Å²) >= 11 is 0. The van der Waals surface area contributed by atoms with Crippen LogP contribution < -0.4 is 0 Å². The summed E-state index contributed by atoms with van der Waals surface area (Å²) in [6, 6.07) is 0. The van der Waals surface area contributed by atoms with Crippen LogP contribution in [0.4, 0.5) is 0 Å². The van der Waals surface area contributed by atoms with Gasteiger partial charge >= 0.3 is 0 Å². The van der Waals surface area contributed by atoms with Crippen LogP contribution in [0.15, 0.2) is 12.4 Å². The summed E-state index contributed by atoms with van der Waals surface area (Å²) < 4.78 is 0. The van der Waals surface area contributed by atoms with Crippen molar-refractivity contribution in [3.05, 3.63) is 18.2 Å². The Balaban J connectivity index is 1.80. The highest BCUT2D eigenvalue weighted by molar-refractivity contribution is 5.76. The van der Waals surface area contributed by atoms with Crippen LogP contribution >= 0.6 is 0 Å². The number of aliphatic hydroxyl groups is 1. The minimum absolute atomic E-state index is 0.0919. The zero-order valence-corrected chi connectivity index (χ0v) is 9.93. The van der Waals surface area contributed by atoms with Crippen molar-refractivity contribution in [1.29, 1.82) is 0 Å². The normalized spacial score (nSPS) is 17.4. The molecule has 94 valence electrons. The molecule has 0 aliphatic carbocycles. The number of imidazole rings is 1. The predicted octanol–water partition coefficient (Wildman–Crippen LogP) is 0.888. The number of amides is 1. The topological polar surface area (TPSA) is 69.2 Å². The Bertz CT molecular complexity index is 343. The third-order valence-corrected chi connectivity index (χ3v) is 3.30. The first-order valence-corrected chi connectivity index (χ1v) is 6.19. The molecule has 1 saturated heterocycles. The molecule has 1 aromatic rings. The SMILES string of the molecule is O=C(CCCO)N1CCC(c2ncc[nH]2)CC1. The zero-order chi connectivity index (χ0) is 12.1. The first-order valence-electron chi connectivity index (χ1n) is 6.19. The molecule has 5 nitrogen and oxygen atoms in total. The van der Waals surface area contributed by atoms with E-state index in [1.807, 2.05) is 11.1 Å². The van der Waals surface area contributed by atoms with Crippen molar-refractivity contribution in [3.63, 3.8) is 0 Å². The molecule has 0 radical (unpaired) electrons. The summed E-state index contributed by atoms with van der Waals surface area (Å²) in [7, 11) is 0. The Morgan fingerprint density at radius 2 is 2.29 bits per heavy atom. The summed E-state index contributed by atoms with van der Waals surface area (Å²) in [4.78, 5) is 21.0. The van der Waals surface area contributed by atoms with E-state index in [0.717, 1.165) is 31.8 Å². The van der Waals surface area contributed by atoms with Crippen LogP contribution in [-0.2, 0) is 4.79 Å². The van der Waals surface area contributed by atoms with Crippen LogP contribution in [0.25, 0.3) is 0 Å². The predicted molar refractivity (Wildman–Crippen MR) is 63.5 cm³/mol. The van der Waals surface area contributed by atoms with E-state index in [9.17, 15) is 4.79 Å². The summed E-state index contributed by atoms with van der Waals surface area (Å²) in [5.41, 5.74) is 0. The van der Waals surface area contributed by atoms with Gasteiger partial charge in [0.15, 0.2) is 0 Å². The smallest absolute Gasteiger partial charge is 0.222 e. The van der Waals surface area contributed by atoms with E-state index in [4.69, 9.17) is 5.11 Å². The highest BCUT2D eigenvalue weighted by atomic mass is 16.3. The molecule has 1 aromatic heterocycles. The zero-order valence-electron chi connectivity index (χ0n) is 9.93. The molecule has 1 amide bonds. The number of rotatable bonds is 4. The van der Waals surface area contributed by atoms with Crippen molar-refractivity contribution in [2.45, 2.75) is 31.6 Å². The first kappa shape index (κ1) is 12.1. The van der Waals surface area contributed by atoms with Crippen LogP contribution in [0, 0.1) is 0 Å². The summed E-state index contributed by atoms with van der Waals surface area (Å²) in [5.74, 6) is 1.65. The molecule has 1 fully saturated rings. The number of carbonyl (C=O) groups excluding carboxylic acids is 1. The molecule has 1 aliphatic rings. The van der Waals surface area contributed by atoms with Crippen LogP contribution in [0.2, 0.25) is 0 Å². The van der Waals surface area contributed by atoms with Gasteiger partial charge in [-0.15, -0.1) is 0 Å². The Labute approximate surface area is 101 Å². The number of H-pyrrole nitrogens is 1. The average Bonchev–Trinajstić information content (AvgIpc) is 2.90. The van der Waals surface area contributed by atoms with E-state index in [0.29, 0.717) is 18.8 Å². The lowest BCUT2D eigenvalue weighted by atomic mass is 9.96. The Morgan fingerprint density at radius 3 is 2.88 bits per heavy atom. The van der Waals surface area contributed by atoms with E-state index in [1.165, 1.54) is 0 Å². The van der Waals surface area contributed by atoms with E-state index in [2.05, 4.69) is 9.97 Å². The van der Waals surface area contributed by atoms with Gasteiger partial charge in [-0.3, -0.25) is 4.79 Å². The molecule has 0 spiro atoms. The maximum absolute atomic E-state index is 11.7. The van der Waals surface area contributed by atoms with Gasteiger partial charge < -0.3 is 15.0 Å². The minimum Gasteiger partial charge on any atom is -0.396 e. The Hall–Kier alpha value is -1.36. The highest BCUT2D eigenvalue weighted by Crippen LogP contribution is 2.25. The van der Waals surface area contributed by atoms with Crippen LogP contribution in [0.5, 0.6) is 0 Å². The van der Waals surface area contributed by atoms with Gasteiger partial charge in [-0.05, 0) is 19.3 Å². The fourth-order valence-electron chi connectivity index (χ4n) is 2.29. The summed E-state index contributed by atoms with van der Waals surface area (Å²) in [5, 5.41) is 8.70. The number of nitrogens with one attached hydrogen (secondary N) is 1. The van der Waals surface area contributed by atoms with E-state index >= 15 is 0 Å². The second kappa shape index (κ2) is 5.82. The summed E-state index contributed by atoms with van der Waals surface area (Å²) in [6.45, 7) is 1.69. The molecule has 2 heterocycles. The molecule has 0 aromatic carbocycles. The lowest BCUT2D eigenvalue weighted by molar-refractivity contribution is -0.132. The Morgan fingerprint density at radius 1 is 1.53 bits per heavy atom. The second-order valence-corrected chi connectivity index (χ2v) is 4.46. The number of nitrogens with zero attached hydrogens (tertiary/aromatic N) is 2. The van der Waals surface area contributed by atoms with Gasteiger partial charge in [0.2, 0.25) is 5.91 Å². The molecule has 0 atom stereocenters. The van der Waals surface area contributed by atoms with Gasteiger partial charge in [0.1, 0.15) is 5.82 Å². The van der Waals surface area contributed by atoms with Gasteiger partial charge in [-0.1, -0.05) is 0 Å². The molecule has 1 aliphatic heterocycles. The number of aromatic amines is 1. The van der Waals surface area contributed by atoms with Gasteiger partial charge in [0.25, 0.3) is 0 Å². The fraction of sp³-hybridized carbons (Fsp3) is 0.667. The minimum atomic E-state index is 0.0919.